The van der Waals surface area contributed by atoms with E-state index in [1.165, 1.54) is 18.3 Å². The van der Waals surface area contributed by atoms with Crippen molar-refractivity contribution < 1.29 is 23.5 Å². The molecule has 0 aromatic carbocycles. The van der Waals surface area contributed by atoms with Gasteiger partial charge in [-0.2, -0.15) is 0 Å². The van der Waals surface area contributed by atoms with Crippen molar-refractivity contribution in [3.05, 3.63) is 17.8 Å². The van der Waals surface area contributed by atoms with Gasteiger partial charge in [0.05, 0.1) is 20.3 Å². The minimum absolute atomic E-state index is 0.0698. The number of methoxy groups -OCH3 is 2. The Balaban J connectivity index is 2.78. The van der Waals surface area contributed by atoms with Crippen LogP contribution in [0, 0.1) is 0 Å². The Morgan fingerprint density at radius 2 is 2.05 bits per heavy atom. The van der Waals surface area contributed by atoms with Gasteiger partial charge >= 0.3 is 12.0 Å². The number of nitrogens with one attached hydrogen (secondary N) is 1. The molecule has 1 heterocycles. The summed E-state index contributed by atoms with van der Waals surface area (Å²) < 4.78 is 14.8. The molecule has 0 spiro atoms. The van der Waals surface area contributed by atoms with Gasteiger partial charge in [0, 0.05) is 19.2 Å². The molecule has 0 unspecified atom stereocenters. The van der Waals surface area contributed by atoms with Crippen molar-refractivity contribution in [2.24, 2.45) is 0 Å². The van der Waals surface area contributed by atoms with Gasteiger partial charge in [-0.1, -0.05) is 0 Å². The molecule has 0 aliphatic rings. The standard InChI is InChI=1S/C14H23N3O5/c1-14(2,3)16-13(19)17(6-7-20-4)8-11-15-10(9-22-11)12(18)21-5/h9H,6-8H2,1-5H3,(H,16,19). The van der Waals surface area contributed by atoms with E-state index in [0.717, 1.165) is 0 Å². The van der Waals surface area contributed by atoms with Crippen LogP contribution in [0.5, 0.6) is 0 Å². The van der Waals surface area contributed by atoms with Crippen LogP contribution in [0.4, 0.5) is 4.79 Å². The van der Waals surface area contributed by atoms with Crippen LogP contribution in [0.2, 0.25) is 0 Å². The molecule has 8 heteroatoms. The maximum atomic E-state index is 12.3. The fourth-order valence-electron chi connectivity index (χ4n) is 1.60. The lowest BCUT2D eigenvalue weighted by molar-refractivity contribution is 0.0594. The Kier molecular flexibility index (Phi) is 6.36. The zero-order chi connectivity index (χ0) is 16.8. The number of hydrogen-bond acceptors (Lipinski definition) is 6. The summed E-state index contributed by atoms with van der Waals surface area (Å²) in [5, 5.41) is 2.86. The van der Waals surface area contributed by atoms with Gasteiger partial charge in [0.2, 0.25) is 5.89 Å². The number of amides is 2. The molecule has 0 aliphatic carbocycles. The molecule has 0 radical (unpaired) electrons. The summed E-state index contributed by atoms with van der Waals surface area (Å²) in [6, 6.07) is -0.262. The number of carbonyl (C=O) groups excluding carboxylic acids is 2. The van der Waals surface area contributed by atoms with E-state index in [-0.39, 0.29) is 29.7 Å². The average Bonchev–Trinajstić information content (AvgIpc) is 2.89. The average molecular weight is 313 g/mol. The fourth-order valence-corrected chi connectivity index (χ4v) is 1.60. The molecule has 0 bridgehead atoms. The largest absolute Gasteiger partial charge is 0.464 e. The van der Waals surface area contributed by atoms with Crippen LogP contribution < -0.4 is 5.32 Å². The molecule has 124 valence electrons. The summed E-state index contributed by atoms with van der Waals surface area (Å²) in [7, 11) is 2.82. The van der Waals surface area contributed by atoms with Crippen LogP contribution in [0.15, 0.2) is 10.7 Å². The van der Waals surface area contributed by atoms with Crippen molar-refractivity contribution in [2.75, 3.05) is 27.4 Å². The van der Waals surface area contributed by atoms with E-state index in [1.807, 2.05) is 20.8 Å². The Hall–Kier alpha value is -2.09. The smallest absolute Gasteiger partial charge is 0.360 e. The van der Waals surface area contributed by atoms with Gasteiger partial charge in [-0.05, 0) is 20.8 Å². The number of urea groups is 1. The van der Waals surface area contributed by atoms with Gasteiger partial charge in [0.1, 0.15) is 6.26 Å². The first-order valence-corrected chi connectivity index (χ1v) is 6.85. The number of oxazole rings is 1. The Morgan fingerprint density at radius 1 is 1.36 bits per heavy atom. The number of aromatic nitrogens is 1. The Labute approximate surface area is 129 Å². The summed E-state index contributed by atoms with van der Waals surface area (Å²) in [6.45, 7) is 6.54. The SMILES string of the molecule is COCCN(Cc1nc(C(=O)OC)co1)C(=O)NC(C)(C)C. The fraction of sp³-hybridized carbons (Fsp3) is 0.643. The highest BCUT2D eigenvalue weighted by molar-refractivity contribution is 5.86. The number of nitrogens with zero attached hydrogens (tertiary/aromatic N) is 2. The van der Waals surface area contributed by atoms with Crippen molar-refractivity contribution in [1.82, 2.24) is 15.2 Å². The first kappa shape index (κ1) is 18.0. The zero-order valence-electron chi connectivity index (χ0n) is 13.6. The van der Waals surface area contributed by atoms with E-state index in [4.69, 9.17) is 9.15 Å². The molecule has 2 amide bonds. The third-order valence-electron chi connectivity index (χ3n) is 2.61. The first-order chi connectivity index (χ1) is 10.3. The topological polar surface area (TPSA) is 93.9 Å². The predicted molar refractivity (Wildman–Crippen MR) is 78.4 cm³/mol. The summed E-state index contributed by atoms with van der Waals surface area (Å²) in [4.78, 5) is 29.1. The molecule has 0 aliphatic heterocycles. The lowest BCUT2D eigenvalue weighted by atomic mass is 10.1. The van der Waals surface area contributed by atoms with Gasteiger partial charge < -0.3 is 24.1 Å². The molecule has 1 N–H and O–H groups in total. The highest BCUT2D eigenvalue weighted by Gasteiger charge is 2.22. The molecule has 0 saturated carbocycles. The maximum Gasteiger partial charge on any atom is 0.360 e. The van der Waals surface area contributed by atoms with Gasteiger partial charge in [0.15, 0.2) is 5.69 Å². The summed E-state index contributed by atoms with van der Waals surface area (Å²) >= 11 is 0. The van der Waals surface area contributed by atoms with Crippen LogP contribution in [0.1, 0.15) is 37.2 Å². The Bertz CT molecular complexity index is 507. The quantitative estimate of drug-likeness (QED) is 0.798. The molecule has 1 rings (SSSR count). The molecule has 1 aromatic heterocycles. The third kappa shape index (κ3) is 5.72. The number of hydrogen-bond donors (Lipinski definition) is 1. The zero-order valence-corrected chi connectivity index (χ0v) is 13.6. The summed E-state index contributed by atoms with van der Waals surface area (Å²) in [6.07, 6.45) is 1.21. The maximum absolute atomic E-state index is 12.3. The minimum Gasteiger partial charge on any atom is -0.464 e. The van der Waals surface area contributed by atoms with E-state index < -0.39 is 5.97 Å². The first-order valence-electron chi connectivity index (χ1n) is 6.85. The summed E-state index contributed by atoms with van der Waals surface area (Å²) in [5.74, 6) is -0.335. The second kappa shape index (κ2) is 7.79. The number of rotatable bonds is 6. The van der Waals surface area contributed by atoms with E-state index in [1.54, 1.807) is 7.11 Å². The van der Waals surface area contributed by atoms with Gasteiger partial charge in [-0.15, -0.1) is 0 Å². The van der Waals surface area contributed by atoms with Crippen molar-refractivity contribution in [1.29, 1.82) is 0 Å². The number of carbonyl (C=O) groups is 2. The number of esters is 1. The van der Waals surface area contributed by atoms with Crippen molar-refractivity contribution in [3.8, 4) is 0 Å². The minimum atomic E-state index is -0.586. The molecule has 0 fully saturated rings. The van der Waals surface area contributed by atoms with Crippen LogP contribution in [0.25, 0.3) is 0 Å². The van der Waals surface area contributed by atoms with Crippen molar-refractivity contribution >= 4 is 12.0 Å². The second-order valence-corrected chi connectivity index (χ2v) is 5.71. The van der Waals surface area contributed by atoms with Crippen LogP contribution in [-0.2, 0) is 16.0 Å². The molecule has 0 atom stereocenters. The van der Waals surface area contributed by atoms with Crippen molar-refractivity contribution in [3.63, 3.8) is 0 Å². The van der Waals surface area contributed by atoms with Crippen LogP contribution in [0.3, 0.4) is 0 Å². The number of ether oxygens (including phenoxy) is 2. The van der Waals surface area contributed by atoms with Gasteiger partial charge in [0.25, 0.3) is 0 Å². The van der Waals surface area contributed by atoms with E-state index >= 15 is 0 Å². The highest BCUT2D eigenvalue weighted by Crippen LogP contribution is 2.09. The highest BCUT2D eigenvalue weighted by atomic mass is 16.5. The lowest BCUT2D eigenvalue weighted by Gasteiger charge is -2.27. The molecule has 0 saturated heterocycles. The van der Waals surface area contributed by atoms with Crippen LogP contribution in [-0.4, -0.2) is 54.8 Å². The van der Waals surface area contributed by atoms with Gasteiger partial charge in [-0.3, -0.25) is 0 Å². The molecule has 8 nitrogen and oxygen atoms in total. The monoisotopic (exact) mass is 313 g/mol. The van der Waals surface area contributed by atoms with Crippen molar-refractivity contribution in [2.45, 2.75) is 32.9 Å². The van der Waals surface area contributed by atoms with E-state index in [0.29, 0.717) is 13.2 Å². The Morgan fingerprint density at radius 3 is 2.59 bits per heavy atom. The van der Waals surface area contributed by atoms with E-state index in [9.17, 15) is 9.59 Å². The lowest BCUT2D eigenvalue weighted by Crippen LogP contribution is -2.49. The predicted octanol–water partition coefficient (Wildman–Crippen LogP) is 1.42. The van der Waals surface area contributed by atoms with E-state index in [2.05, 4.69) is 15.0 Å². The molecule has 22 heavy (non-hydrogen) atoms. The summed E-state index contributed by atoms with van der Waals surface area (Å²) in [5.41, 5.74) is -0.295. The second-order valence-electron chi connectivity index (χ2n) is 5.71. The van der Waals surface area contributed by atoms with Gasteiger partial charge in [-0.25, -0.2) is 14.6 Å². The molecular weight excluding hydrogens is 290 g/mol. The van der Waals surface area contributed by atoms with Crippen LogP contribution >= 0.6 is 0 Å². The molecule has 1 aromatic rings. The normalized spacial score (nSPS) is 11.1. The third-order valence-corrected chi connectivity index (χ3v) is 2.61. The molecular formula is C14H23N3O5.